The first-order chi connectivity index (χ1) is 13.7. The molecule has 1 saturated heterocycles. The van der Waals surface area contributed by atoms with E-state index in [-0.39, 0.29) is 34.4 Å². The summed E-state index contributed by atoms with van der Waals surface area (Å²) in [6.07, 6.45) is -3.05. The van der Waals surface area contributed by atoms with Gasteiger partial charge in [0.2, 0.25) is 0 Å². The maximum Gasteiger partial charge on any atom is 0.293 e. The number of hydrogen-bond donors (Lipinski definition) is 1. The quantitative estimate of drug-likeness (QED) is 0.490. The molecule has 8 nitrogen and oxygen atoms in total. The van der Waals surface area contributed by atoms with Crippen molar-refractivity contribution in [1.82, 2.24) is 0 Å². The first-order valence-corrected chi connectivity index (χ1v) is 10.2. The number of nitro groups is 1. The van der Waals surface area contributed by atoms with Gasteiger partial charge in [-0.05, 0) is 24.3 Å². The topological polar surface area (TPSA) is 102 Å². The Morgan fingerprint density at radius 2 is 1.97 bits per heavy atom. The lowest BCUT2D eigenvalue weighted by atomic mass is 10.1. The van der Waals surface area contributed by atoms with Crippen molar-refractivity contribution >= 4 is 38.7 Å². The minimum Gasteiger partial charge on any atom is -0.369 e. The lowest BCUT2D eigenvalue weighted by Gasteiger charge is -2.40. The number of hydrogen-bond acceptors (Lipinski definition) is 6. The van der Waals surface area contributed by atoms with Gasteiger partial charge in [0, 0.05) is 19.2 Å². The Labute approximate surface area is 170 Å². The van der Waals surface area contributed by atoms with Crippen molar-refractivity contribution < 1.29 is 26.9 Å². The average molecular weight is 448 g/mol. The van der Waals surface area contributed by atoms with Crippen molar-refractivity contribution in [3.05, 3.63) is 57.6 Å². The Balaban J connectivity index is 1.80. The van der Waals surface area contributed by atoms with Crippen molar-refractivity contribution in [3.63, 3.8) is 0 Å². The van der Waals surface area contributed by atoms with Gasteiger partial charge in [-0.1, -0.05) is 23.7 Å². The predicted molar refractivity (Wildman–Crippen MR) is 103 cm³/mol. The van der Waals surface area contributed by atoms with E-state index in [1.165, 1.54) is 24.3 Å². The molecule has 29 heavy (non-hydrogen) atoms. The molecule has 1 aliphatic heterocycles. The van der Waals surface area contributed by atoms with Crippen LogP contribution in [0.1, 0.15) is 0 Å². The van der Waals surface area contributed by atoms with Crippen LogP contribution in [0.5, 0.6) is 0 Å². The molecule has 0 aromatic heterocycles. The average Bonchev–Trinajstić information content (AvgIpc) is 2.61. The summed E-state index contributed by atoms with van der Waals surface area (Å²) in [6, 6.07) is 9.67. The lowest BCUT2D eigenvalue weighted by molar-refractivity contribution is -0.384. The maximum absolute atomic E-state index is 12.6. The van der Waals surface area contributed by atoms with Crippen LogP contribution in [-0.4, -0.2) is 45.6 Å². The minimum absolute atomic E-state index is 0.141. The lowest BCUT2D eigenvalue weighted by Crippen LogP contribution is -2.53. The molecule has 0 bridgehead atoms. The van der Waals surface area contributed by atoms with Crippen LogP contribution in [0.4, 0.5) is 25.8 Å². The number of halogens is 3. The number of nitrogens with one attached hydrogen (secondary N) is 1. The van der Waals surface area contributed by atoms with Crippen molar-refractivity contribution in [3.8, 4) is 0 Å². The Hall–Kier alpha value is -2.50. The monoisotopic (exact) mass is 447 g/mol. The first kappa shape index (κ1) is 21.2. The molecule has 2 aromatic carbocycles. The van der Waals surface area contributed by atoms with Gasteiger partial charge in [0.1, 0.15) is 12.3 Å². The molecule has 0 spiro atoms. The molecule has 0 unspecified atom stereocenters. The third-order valence-electron chi connectivity index (χ3n) is 4.22. The Morgan fingerprint density at radius 1 is 1.28 bits per heavy atom. The van der Waals surface area contributed by atoms with Crippen LogP contribution in [0.25, 0.3) is 0 Å². The summed E-state index contributed by atoms with van der Waals surface area (Å²) in [5, 5.41) is 11.6. The molecular weight excluding hydrogens is 432 g/mol. The maximum atomic E-state index is 12.6. The second-order valence-corrected chi connectivity index (χ2v) is 8.33. The molecular formula is C17H16ClF2N3O5S. The molecule has 1 aliphatic rings. The number of benzene rings is 2. The zero-order valence-corrected chi connectivity index (χ0v) is 16.4. The summed E-state index contributed by atoms with van der Waals surface area (Å²) in [4.78, 5) is 12.0. The number of para-hydroxylation sites is 1. The molecule has 2 aromatic rings. The molecule has 0 atom stereocenters. The zero-order chi connectivity index (χ0) is 21.2. The number of nitrogens with zero attached hydrogens (tertiary/aromatic N) is 2. The molecule has 1 heterocycles. The van der Waals surface area contributed by atoms with Gasteiger partial charge in [0.25, 0.3) is 22.1 Å². The smallest absolute Gasteiger partial charge is 0.293 e. The highest BCUT2D eigenvalue weighted by Gasteiger charge is 2.33. The zero-order valence-electron chi connectivity index (χ0n) is 14.8. The van der Waals surface area contributed by atoms with E-state index in [0.29, 0.717) is 0 Å². The van der Waals surface area contributed by atoms with Gasteiger partial charge in [0.05, 0.1) is 26.6 Å². The summed E-state index contributed by atoms with van der Waals surface area (Å²) in [5.74, 6) is 0. The summed E-state index contributed by atoms with van der Waals surface area (Å²) in [7, 11) is -4.12. The van der Waals surface area contributed by atoms with E-state index in [1.54, 1.807) is 17.0 Å². The number of alkyl halides is 2. The van der Waals surface area contributed by atoms with E-state index < -0.39 is 39.8 Å². The summed E-state index contributed by atoms with van der Waals surface area (Å²) in [6.45, 7) is -0.319. The van der Waals surface area contributed by atoms with Crippen molar-refractivity contribution in [1.29, 1.82) is 0 Å². The molecule has 1 N–H and O–H groups in total. The molecule has 0 saturated carbocycles. The number of sulfonamides is 1. The van der Waals surface area contributed by atoms with E-state index in [9.17, 15) is 27.3 Å². The Kier molecular flexibility index (Phi) is 6.20. The van der Waals surface area contributed by atoms with Gasteiger partial charge in [-0.2, -0.15) is 0 Å². The highest BCUT2D eigenvalue weighted by atomic mass is 35.5. The molecule has 3 rings (SSSR count). The summed E-state index contributed by atoms with van der Waals surface area (Å²) < 4.78 is 56.8. The van der Waals surface area contributed by atoms with Crippen LogP contribution in [0.2, 0.25) is 5.02 Å². The van der Waals surface area contributed by atoms with Crippen molar-refractivity contribution in [2.24, 2.45) is 0 Å². The first-order valence-electron chi connectivity index (χ1n) is 8.38. The summed E-state index contributed by atoms with van der Waals surface area (Å²) >= 11 is 5.95. The van der Waals surface area contributed by atoms with Crippen LogP contribution in [-0.2, 0) is 14.8 Å². The molecule has 0 amide bonds. The number of rotatable bonds is 8. The standard InChI is InChI=1S/C17H16ClF2N3O5S/c18-13-3-1-2-4-14(13)21-29(26,27)12-5-6-15(16(7-12)23(24)25)22-8-11(9-22)28-10-17(19)20/h1-7,11,17,21H,8-10H2. The second-order valence-electron chi connectivity index (χ2n) is 6.24. The fourth-order valence-electron chi connectivity index (χ4n) is 2.78. The highest BCUT2D eigenvalue weighted by molar-refractivity contribution is 7.92. The Morgan fingerprint density at radius 3 is 2.59 bits per heavy atom. The fourth-order valence-corrected chi connectivity index (χ4v) is 4.12. The van der Waals surface area contributed by atoms with Crippen molar-refractivity contribution in [2.75, 3.05) is 29.3 Å². The van der Waals surface area contributed by atoms with Gasteiger partial charge in [0.15, 0.2) is 0 Å². The van der Waals surface area contributed by atoms with Gasteiger partial charge in [-0.25, -0.2) is 17.2 Å². The molecule has 156 valence electrons. The van der Waals surface area contributed by atoms with E-state index in [0.717, 1.165) is 6.07 Å². The molecule has 1 fully saturated rings. The number of anilines is 2. The van der Waals surface area contributed by atoms with Crippen LogP contribution in [0, 0.1) is 10.1 Å². The van der Waals surface area contributed by atoms with Crippen LogP contribution in [0.15, 0.2) is 47.4 Å². The van der Waals surface area contributed by atoms with E-state index in [2.05, 4.69) is 4.72 Å². The van der Waals surface area contributed by atoms with Crippen LogP contribution >= 0.6 is 11.6 Å². The van der Waals surface area contributed by atoms with Crippen LogP contribution < -0.4 is 9.62 Å². The summed E-state index contributed by atoms with van der Waals surface area (Å²) in [5.41, 5.74) is -0.0920. The third kappa shape index (κ3) is 4.92. The Bertz CT molecular complexity index is 1020. The van der Waals surface area contributed by atoms with E-state index in [1.807, 2.05) is 0 Å². The SMILES string of the molecule is O=[N+]([O-])c1cc(S(=O)(=O)Nc2ccccc2Cl)ccc1N1CC(OCC(F)F)C1. The predicted octanol–water partition coefficient (Wildman–Crippen LogP) is 3.52. The van der Waals surface area contributed by atoms with Gasteiger partial charge in [-0.3, -0.25) is 14.8 Å². The van der Waals surface area contributed by atoms with E-state index >= 15 is 0 Å². The minimum atomic E-state index is -4.12. The normalized spacial score (nSPS) is 14.7. The van der Waals surface area contributed by atoms with Crippen LogP contribution in [0.3, 0.4) is 0 Å². The van der Waals surface area contributed by atoms with Gasteiger partial charge in [-0.15, -0.1) is 0 Å². The van der Waals surface area contributed by atoms with E-state index in [4.69, 9.17) is 16.3 Å². The largest absolute Gasteiger partial charge is 0.369 e. The van der Waals surface area contributed by atoms with Gasteiger partial charge < -0.3 is 9.64 Å². The highest BCUT2D eigenvalue weighted by Crippen LogP contribution is 2.35. The molecule has 0 aliphatic carbocycles. The molecule has 0 radical (unpaired) electrons. The second kappa shape index (κ2) is 8.47. The van der Waals surface area contributed by atoms with Gasteiger partial charge >= 0.3 is 0 Å². The molecule has 12 heteroatoms. The number of nitro benzene ring substituents is 1. The fraction of sp³-hybridized carbons (Fsp3) is 0.294. The van der Waals surface area contributed by atoms with Crippen molar-refractivity contribution in [2.45, 2.75) is 17.4 Å². The third-order valence-corrected chi connectivity index (χ3v) is 5.91. The number of ether oxygens (including phenoxy) is 1.